The monoisotopic (exact) mass is 532 g/mol. The third-order valence-corrected chi connectivity index (χ3v) is 6.00. The lowest BCUT2D eigenvalue weighted by Crippen LogP contribution is -2.59. The molecular weight excluding hydrogens is 504 g/mol. The van der Waals surface area contributed by atoms with Gasteiger partial charge in [-0.3, -0.25) is 19.2 Å². The highest BCUT2D eigenvalue weighted by atomic mass is 35.5. The van der Waals surface area contributed by atoms with Crippen LogP contribution in [0, 0.1) is 0 Å². The molecule has 0 aromatic heterocycles. The third-order valence-electron chi connectivity index (χ3n) is 5.63. The number of esters is 4. The molecule has 0 aliphatic carbocycles. The average Bonchev–Trinajstić information content (AvgIpc) is 2.82. The topological polar surface area (TPSA) is 114 Å². The number of carbonyl (C=O) groups excluding carboxylic acids is 4. The Hall–Kier alpha value is -3.43. The molecular formula is C27H29ClO9. The molecule has 0 saturated carbocycles. The lowest BCUT2D eigenvalue weighted by atomic mass is 9.89. The van der Waals surface area contributed by atoms with Gasteiger partial charge < -0.3 is 23.7 Å². The van der Waals surface area contributed by atoms with E-state index in [1.807, 2.05) is 36.4 Å². The minimum absolute atomic E-state index is 0.293. The van der Waals surface area contributed by atoms with E-state index in [-0.39, 0.29) is 6.61 Å². The average molecular weight is 533 g/mol. The van der Waals surface area contributed by atoms with Gasteiger partial charge in [0.2, 0.25) is 0 Å². The normalized spacial score (nSPS) is 23.0. The van der Waals surface area contributed by atoms with Crippen molar-refractivity contribution >= 4 is 35.5 Å². The summed E-state index contributed by atoms with van der Waals surface area (Å²) in [6.45, 7) is 4.49. The summed E-state index contributed by atoms with van der Waals surface area (Å²) in [5.41, 5.74) is 2.40. The second-order valence-electron chi connectivity index (χ2n) is 8.63. The van der Waals surface area contributed by atoms with Gasteiger partial charge >= 0.3 is 23.9 Å². The van der Waals surface area contributed by atoms with Crippen LogP contribution >= 0.6 is 11.6 Å². The molecule has 5 atom stereocenters. The van der Waals surface area contributed by atoms with Gasteiger partial charge in [-0.15, -0.1) is 0 Å². The largest absolute Gasteiger partial charge is 0.463 e. The molecule has 0 bridgehead atoms. The van der Waals surface area contributed by atoms with Gasteiger partial charge in [-0.05, 0) is 29.2 Å². The van der Waals surface area contributed by atoms with Crippen molar-refractivity contribution in [1.29, 1.82) is 0 Å². The number of ether oxygens (including phenoxy) is 5. The molecule has 1 fully saturated rings. The fourth-order valence-corrected chi connectivity index (χ4v) is 4.40. The van der Waals surface area contributed by atoms with Gasteiger partial charge in [0.05, 0.1) is 0 Å². The fraction of sp³-hybridized carbons (Fsp3) is 0.407. The van der Waals surface area contributed by atoms with E-state index in [2.05, 4.69) is 0 Å². The van der Waals surface area contributed by atoms with Gasteiger partial charge in [0, 0.05) is 32.7 Å². The van der Waals surface area contributed by atoms with Gasteiger partial charge in [0.1, 0.15) is 18.8 Å². The van der Waals surface area contributed by atoms with Crippen molar-refractivity contribution in [3.63, 3.8) is 0 Å². The molecule has 0 unspecified atom stereocenters. The number of halogens is 1. The molecule has 0 spiro atoms. The number of benzene rings is 2. The highest BCUT2D eigenvalue weighted by Gasteiger charge is 2.52. The maximum atomic E-state index is 12.1. The Bertz CT molecular complexity index is 1130. The maximum absolute atomic E-state index is 12.1. The zero-order valence-electron chi connectivity index (χ0n) is 21.0. The Morgan fingerprint density at radius 3 is 1.97 bits per heavy atom. The first kappa shape index (κ1) is 28.1. The van der Waals surface area contributed by atoms with Crippen LogP contribution in [-0.2, 0) is 49.3 Å². The minimum Gasteiger partial charge on any atom is -0.463 e. The van der Waals surface area contributed by atoms with Gasteiger partial charge in [-0.2, -0.15) is 0 Å². The summed E-state index contributed by atoms with van der Waals surface area (Å²) in [5, 5.41) is 0.526. The molecule has 0 N–H and O–H groups in total. The number of hydrogen-bond acceptors (Lipinski definition) is 9. The molecule has 1 aliphatic heterocycles. The molecule has 3 rings (SSSR count). The first-order chi connectivity index (χ1) is 17.5. The second kappa shape index (κ2) is 12.7. The summed E-state index contributed by atoms with van der Waals surface area (Å²) in [7, 11) is 0. The number of hydrogen-bond donors (Lipinski definition) is 0. The highest BCUT2D eigenvalue weighted by Crippen LogP contribution is 2.39. The summed E-state index contributed by atoms with van der Waals surface area (Å²) in [4.78, 5) is 47.6. The summed E-state index contributed by atoms with van der Waals surface area (Å²) in [6.07, 6.45) is -5.09. The van der Waals surface area contributed by atoms with Crippen molar-refractivity contribution in [2.24, 2.45) is 0 Å². The van der Waals surface area contributed by atoms with Crippen molar-refractivity contribution in [3.8, 4) is 0 Å². The SMILES string of the molecule is CC(=O)OC[C@H]1O[C@@H](c2ccc(Cl)c(Cc3ccccc3)c2)[C@H](OC(C)=O)[C@@H](OC(C)=O)[C@@H]1OC(C)=O. The quantitative estimate of drug-likeness (QED) is 0.370. The van der Waals surface area contributed by atoms with Crippen molar-refractivity contribution < 1.29 is 42.9 Å². The minimum atomic E-state index is -1.24. The van der Waals surface area contributed by atoms with Crippen LogP contribution in [0.4, 0.5) is 0 Å². The van der Waals surface area contributed by atoms with Crippen LogP contribution in [-0.4, -0.2) is 54.9 Å². The summed E-state index contributed by atoms with van der Waals surface area (Å²) >= 11 is 6.49. The summed E-state index contributed by atoms with van der Waals surface area (Å²) in [6, 6.07) is 14.9. The Morgan fingerprint density at radius 2 is 1.38 bits per heavy atom. The van der Waals surface area contributed by atoms with Gasteiger partial charge in [-0.1, -0.05) is 54.1 Å². The van der Waals surface area contributed by atoms with Crippen molar-refractivity contribution in [2.75, 3.05) is 6.61 Å². The Morgan fingerprint density at radius 1 is 0.784 bits per heavy atom. The van der Waals surface area contributed by atoms with Crippen molar-refractivity contribution in [2.45, 2.75) is 64.6 Å². The van der Waals surface area contributed by atoms with Gasteiger partial charge in [0.25, 0.3) is 0 Å². The zero-order chi connectivity index (χ0) is 27.1. The Kier molecular flexibility index (Phi) is 9.66. The molecule has 9 nitrogen and oxygen atoms in total. The van der Waals surface area contributed by atoms with Crippen LogP contribution in [0.15, 0.2) is 48.5 Å². The van der Waals surface area contributed by atoms with E-state index in [1.165, 1.54) is 27.7 Å². The standard InChI is InChI=1S/C27H29ClO9/c1-15(29)33-14-23-25(34-16(2)30)27(36-18(4)32)26(35-17(3)31)24(37-23)20-10-11-22(28)21(13-20)12-19-8-6-5-7-9-19/h5-11,13,23-27H,12,14H2,1-4H3/t23-,24+,25-,26+,27+/m1/s1. The molecule has 0 amide bonds. The van der Waals surface area contributed by atoms with Crippen molar-refractivity contribution in [3.05, 3.63) is 70.2 Å². The van der Waals surface area contributed by atoms with E-state index in [4.69, 9.17) is 35.3 Å². The molecule has 0 radical (unpaired) electrons. The predicted octanol–water partition coefficient (Wildman–Crippen LogP) is 3.73. The zero-order valence-corrected chi connectivity index (χ0v) is 21.7. The third kappa shape index (κ3) is 7.77. The second-order valence-corrected chi connectivity index (χ2v) is 9.04. The lowest BCUT2D eigenvalue weighted by molar-refractivity contribution is -0.254. The molecule has 1 heterocycles. The van der Waals surface area contributed by atoms with Crippen LogP contribution < -0.4 is 0 Å². The van der Waals surface area contributed by atoms with Gasteiger partial charge in [0.15, 0.2) is 18.3 Å². The molecule has 10 heteroatoms. The molecule has 2 aromatic rings. The first-order valence-corrected chi connectivity index (χ1v) is 12.1. The Balaban J connectivity index is 2.07. The molecule has 2 aromatic carbocycles. The van der Waals surface area contributed by atoms with Crippen LogP contribution in [0.2, 0.25) is 5.02 Å². The van der Waals surface area contributed by atoms with Crippen LogP contribution in [0.1, 0.15) is 50.5 Å². The predicted molar refractivity (Wildman–Crippen MR) is 132 cm³/mol. The molecule has 1 saturated heterocycles. The van der Waals surface area contributed by atoms with E-state index in [0.29, 0.717) is 17.0 Å². The molecule has 1 aliphatic rings. The first-order valence-electron chi connectivity index (χ1n) is 11.7. The van der Waals surface area contributed by atoms with Crippen molar-refractivity contribution in [1.82, 2.24) is 0 Å². The van der Waals surface area contributed by atoms with E-state index >= 15 is 0 Å². The van der Waals surface area contributed by atoms with E-state index in [9.17, 15) is 19.2 Å². The smallest absolute Gasteiger partial charge is 0.303 e. The number of rotatable bonds is 8. The fourth-order valence-electron chi connectivity index (χ4n) is 4.22. The molecule has 37 heavy (non-hydrogen) atoms. The van der Waals surface area contributed by atoms with E-state index in [1.54, 1.807) is 12.1 Å². The van der Waals surface area contributed by atoms with Crippen LogP contribution in [0.3, 0.4) is 0 Å². The number of carbonyl (C=O) groups is 4. The lowest BCUT2D eigenvalue weighted by Gasteiger charge is -2.44. The maximum Gasteiger partial charge on any atom is 0.303 e. The van der Waals surface area contributed by atoms with Crippen LogP contribution in [0.5, 0.6) is 0 Å². The van der Waals surface area contributed by atoms with E-state index in [0.717, 1.165) is 11.1 Å². The van der Waals surface area contributed by atoms with Crippen LogP contribution in [0.25, 0.3) is 0 Å². The van der Waals surface area contributed by atoms with Gasteiger partial charge in [-0.25, -0.2) is 0 Å². The molecule has 198 valence electrons. The summed E-state index contributed by atoms with van der Waals surface area (Å²) < 4.78 is 27.9. The highest BCUT2D eigenvalue weighted by molar-refractivity contribution is 6.31. The van der Waals surface area contributed by atoms with E-state index < -0.39 is 54.4 Å². The Labute approximate surface area is 219 Å². The summed E-state index contributed by atoms with van der Waals surface area (Å²) in [5.74, 6) is -2.61.